The van der Waals surface area contributed by atoms with Gasteiger partial charge in [0.15, 0.2) is 0 Å². The van der Waals surface area contributed by atoms with Gasteiger partial charge in [-0.25, -0.2) is 0 Å². The van der Waals surface area contributed by atoms with Crippen molar-refractivity contribution in [3.63, 3.8) is 0 Å². The lowest BCUT2D eigenvalue weighted by Crippen LogP contribution is -2.06. The van der Waals surface area contributed by atoms with Gasteiger partial charge in [-0.15, -0.1) is 0 Å². The van der Waals surface area contributed by atoms with E-state index in [0.717, 1.165) is 44.6 Å². The number of hydrogen-bond acceptors (Lipinski definition) is 3. The number of hydrogen-bond donors (Lipinski definition) is 1. The van der Waals surface area contributed by atoms with Crippen LogP contribution in [-0.2, 0) is 6.42 Å². The van der Waals surface area contributed by atoms with Gasteiger partial charge in [0, 0.05) is 11.4 Å². The van der Waals surface area contributed by atoms with Gasteiger partial charge in [-0.2, -0.15) is 0 Å². The molecule has 3 heteroatoms. The predicted octanol–water partition coefficient (Wildman–Crippen LogP) is 6.76. The molecule has 0 heterocycles. The number of ether oxygens (including phenoxy) is 1. The molecule has 0 aliphatic rings. The topological polar surface area (TPSA) is 21.3 Å². The second kappa shape index (κ2) is 11.6. The lowest BCUT2D eigenvalue weighted by molar-refractivity contribution is 0.309. The maximum absolute atomic E-state index is 5.70. The molecule has 0 bridgehead atoms. The van der Waals surface area contributed by atoms with Crippen LogP contribution in [0.1, 0.15) is 31.7 Å². The molecule has 0 aliphatic carbocycles. The maximum Gasteiger partial charge on any atom is 0.119 e. The summed E-state index contributed by atoms with van der Waals surface area (Å²) in [4.78, 5) is 1.22. The van der Waals surface area contributed by atoms with E-state index in [1.807, 2.05) is 12.1 Å². The first-order valence-corrected chi connectivity index (χ1v) is 10.9. The molecule has 0 saturated carbocycles. The van der Waals surface area contributed by atoms with Crippen LogP contribution in [0.5, 0.6) is 5.75 Å². The molecule has 2 nitrogen and oxygen atoms in total. The summed E-state index contributed by atoms with van der Waals surface area (Å²) < 4.78 is 9.16. The van der Waals surface area contributed by atoms with Crippen molar-refractivity contribution in [3.8, 4) is 16.9 Å². The lowest BCUT2D eigenvalue weighted by Gasteiger charge is -2.08. The van der Waals surface area contributed by atoms with Crippen LogP contribution in [0.4, 0.5) is 0 Å². The predicted molar refractivity (Wildman–Crippen MR) is 121 cm³/mol. The quantitative estimate of drug-likeness (QED) is 0.288. The highest BCUT2D eigenvalue weighted by molar-refractivity contribution is 7.97. The monoisotopic (exact) mass is 391 g/mol. The molecule has 0 spiro atoms. The van der Waals surface area contributed by atoms with Gasteiger partial charge in [-0.1, -0.05) is 67.9 Å². The van der Waals surface area contributed by atoms with E-state index in [0.29, 0.717) is 0 Å². The number of nitrogens with one attached hydrogen (secondary N) is 1. The fraction of sp³-hybridized carbons (Fsp3) is 0.280. The Hall–Kier alpha value is -2.23. The first-order valence-electron chi connectivity index (χ1n) is 10.1. The number of unbranched alkanes of at least 4 members (excludes halogenated alkanes) is 1. The maximum atomic E-state index is 5.70. The van der Waals surface area contributed by atoms with Crippen molar-refractivity contribution in [3.05, 3.63) is 84.4 Å². The molecule has 0 aromatic heterocycles. The molecule has 0 atom stereocenters. The molecule has 1 N–H and O–H groups in total. The van der Waals surface area contributed by atoms with Crippen molar-refractivity contribution in [2.45, 2.75) is 37.5 Å². The second-order valence-electron chi connectivity index (χ2n) is 6.84. The van der Waals surface area contributed by atoms with Crippen molar-refractivity contribution >= 4 is 11.9 Å². The summed E-state index contributed by atoms with van der Waals surface area (Å²) in [7, 11) is 0. The first-order chi connectivity index (χ1) is 13.8. The third-order valence-electron chi connectivity index (χ3n) is 4.59. The SMILES string of the molecule is CCCCOc1ccc(SNCCCc2ccc(-c3ccccc3)cc2)cc1. The molecule has 28 heavy (non-hydrogen) atoms. The third-order valence-corrected chi connectivity index (χ3v) is 5.44. The van der Waals surface area contributed by atoms with E-state index in [4.69, 9.17) is 4.74 Å². The van der Waals surface area contributed by atoms with E-state index < -0.39 is 0 Å². The van der Waals surface area contributed by atoms with Gasteiger partial charge in [-0.05, 0) is 72.2 Å². The minimum absolute atomic E-state index is 0.799. The normalized spacial score (nSPS) is 10.8. The van der Waals surface area contributed by atoms with E-state index in [1.165, 1.54) is 21.6 Å². The van der Waals surface area contributed by atoms with Gasteiger partial charge in [0.2, 0.25) is 0 Å². The number of benzene rings is 3. The fourth-order valence-corrected chi connectivity index (χ4v) is 3.62. The Labute approximate surface area is 173 Å². The van der Waals surface area contributed by atoms with Gasteiger partial charge >= 0.3 is 0 Å². The molecule has 0 fully saturated rings. The molecule has 3 rings (SSSR count). The van der Waals surface area contributed by atoms with E-state index >= 15 is 0 Å². The summed E-state index contributed by atoms with van der Waals surface area (Å²) in [5, 5.41) is 0. The van der Waals surface area contributed by atoms with Crippen molar-refractivity contribution in [2.24, 2.45) is 0 Å². The van der Waals surface area contributed by atoms with Crippen LogP contribution in [0.3, 0.4) is 0 Å². The highest BCUT2D eigenvalue weighted by Gasteiger charge is 1.99. The average Bonchev–Trinajstić information content (AvgIpc) is 2.76. The fourth-order valence-electron chi connectivity index (χ4n) is 2.93. The summed E-state index contributed by atoms with van der Waals surface area (Å²) in [6.07, 6.45) is 4.48. The standard InChI is InChI=1S/C25H29NOS/c1-2-3-20-27-24-15-17-25(18-16-24)28-26-19-7-8-21-11-13-23(14-12-21)22-9-5-4-6-10-22/h4-6,9-18,26H,2-3,7-8,19-20H2,1H3. The van der Waals surface area contributed by atoms with Crippen molar-refractivity contribution in [1.29, 1.82) is 0 Å². The Bertz CT molecular complexity index is 800. The lowest BCUT2D eigenvalue weighted by atomic mass is 10.0. The van der Waals surface area contributed by atoms with E-state index in [-0.39, 0.29) is 0 Å². The van der Waals surface area contributed by atoms with E-state index in [1.54, 1.807) is 11.9 Å². The van der Waals surface area contributed by atoms with Crippen LogP contribution in [0.2, 0.25) is 0 Å². The van der Waals surface area contributed by atoms with Crippen LogP contribution in [0.15, 0.2) is 83.8 Å². The smallest absolute Gasteiger partial charge is 0.119 e. The zero-order chi connectivity index (χ0) is 19.4. The van der Waals surface area contributed by atoms with Gasteiger partial charge in [0.05, 0.1) is 6.61 Å². The van der Waals surface area contributed by atoms with Gasteiger partial charge in [0.25, 0.3) is 0 Å². The molecule has 0 amide bonds. The van der Waals surface area contributed by atoms with Gasteiger partial charge in [0.1, 0.15) is 5.75 Å². The Kier molecular flexibility index (Phi) is 8.48. The van der Waals surface area contributed by atoms with Crippen LogP contribution in [0, 0.1) is 0 Å². The molecule has 146 valence electrons. The van der Waals surface area contributed by atoms with Crippen molar-refractivity contribution in [1.82, 2.24) is 4.72 Å². The summed E-state index contributed by atoms with van der Waals surface area (Å²) in [5.74, 6) is 0.955. The molecule has 3 aromatic carbocycles. The molecule has 0 aliphatic heterocycles. The molecule has 0 unspecified atom stereocenters. The Morgan fingerprint density at radius 1 is 0.786 bits per heavy atom. The highest BCUT2D eigenvalue weighted by Crippen LogP contribution is 2.21. The largest absolute Gasteiger partial charge is 0.494 e. The molecule has 3 aromatic rings. The molecule has 0 saturated heterocycles. The molecular weight excluding hydrogens is 362 g/mol. The number of aryl methyl sites for hydroxylation is 1. The van der Waals surface area contributed by atoms with Crippen molar-refractivity contribution < 1.29 is 4.74 Å². The van der Waals surface area contributed by atoms with Crippen LogP contribution < -0.4 is 9.46 Å². The van der Waals surface area contributed by atoms with Gasteiger partial charge < -0.3 is 4.74 Å². The minimum Gasteiger partial charge on any atom is -0.494 e. The zero-order valence-corrected chi connectivity index (χ0v) is 17.4. The van der Waals surface area contributed by atoms with Crippen molar-refractivity contribution in [2.75, 3.05) is 13.2 Å². The second-order valence-corrected chi connectivity index (χ2v) is 7.80. The van der Waals surface area contributed by atoms with E-state index in [2.05, 4.69) is 78.4 Å². The summed E-state index contributed by atoms with van der Waals surface area (Å²) in [5.41, 5.74) is 3.94. The summed E-state index contributed by atoms with van der Waals surface area (Å²) >= 11 is 1.69. The zero-order valence-electron chi connectivity index (χ0n) is 16.6. The van der Waals surface area contributed by atoms with Crippen LogP contribution in [0.25, 0.3) is 11.1 Å². The Morgan fingerprint density at radius 2 is 1.50 bits per heavy atom. The number of rotatable bonds is 11. The molecule has 0 radical (unpaired) electrons. The van der Waals surface area contributed by atoms with Gasteiger partial charge in [-0.3, -0.25) is 4.72 Å². The Morgan fingerprint density at radius 3 is 2.21 bits per heavy atom. The first kappa shape index (κ1) is 20.5. The van der Waals surface area contributed by atoms with E-state index in [9.17, 15) is 0 Å². The Balaban J connectivity index is 1.34. The summed E-state index contributed by atoms with van der Waals surface area (Å²) in [6, 6.07) is 27.8. The third kappa shape index (κ3) is 6.74. The summed E-state index contributed by atoms with van der Waals surface area (Å²) in [6.45, 7) is 3.96. The van der Waals surface area contributed by atoms with Crippen LogP contribution in [-0.4, -0.2) is 13.2 Å². The molecular formula is C25H29NOS. The average molecular weight is 392 g/mol. The van der Waals surface area contributed by atoms with Crippen LogP contribution >= 0.6 is 11.9 Å². The minimum atomic E-state index is 0.799. The highest BCUT2D eigenvalue weighted by atomic mass is 32.2.